The Morgan fingerprint density at radius 2 is 1.52 bits per heavy atom. The predicted molar refractivity (Wildman–Crippen MR) is 104 cm³/mol. The molecule has 2 heterocycles. The highest BCUT2D eigenvalue weighted by Crippen LogP contribution is 2.50. The van der Waals surface area contributed by atoms with Gasteiger partial charge in [-0.1, -0.05) is 36.4 Å². The number of aryl methyl sites for hydroxylation is 1. The molecule has 0 bridgehead atoms. The Kier molecular flexibility index (Phi) is 4.03. The lowest BCUT2D eigenvalue weighted by Gasteiger charge is -2.15. The quantitative estimate of drug-likeness (QED) is 0.350. The van der Waals surface area contributed by atoms with Crippen LogP contribution in [0.25, 0.3) is 21.8 Å². The number of halogens is 1. The van der Waals surface area contributed by atoms with Crippen molar-refractivity contribution in [2.75, 3.05) is 7.11 Å². The Bertz CT molecular complexity index is 1100. The maximum atomic E-state index is 12.1. The van der Waals surface area contributed by atoms with Crippen LogP contribution in [0.5, 0.6) is 0 Å². The van der Waals surface area contributed by atoms with Crippen molar-refractivity contribution in [2.24, 2.45) is 0 Å². The van der Waals surface area contributed by atoms with Crippen molar-refractivity contribution in [3.8, 4) is 0 Å². The first-order chi connectivity index (χ1) is 12.1. The van der Waals surface area contributed by atoms with Crippen molar-refractivity contribution in [1.82, 2.24) is 8.68 Å². The highest BCUT2D eigenvalue weighted by atomic mass is 35.7. The lowest BCUT2D eigenvalue weighted by Crippen LogP contribution is -2.00. The van der Waals surface area contributed by atoms with E-state index in [-0.39, 0.29) is 5.97 Å². The molecule has 0 aliphatic rings. The summed E-state index contributed by atoms with van der Waals surface area (Å²) < 4.78 is 8.96. The molecule has 2 aromatic heterocycles. The average molecular weight is 371 g/mol. The molecular weight excluding hydrogens is 355 g/mol. The van der Waals surface area contributed by atoms with E-state index in [1.807, 2.05) is 40.7 Å². The number of hydrogen-bond donors (Lipinski definition) is 0. The summed E-state index contributed by atoms with van der Waals surface area (Å²) in [7, 11) is 0.129. The maximum Gasteiger partial charge on any atom is 0.340 e. The first kappa shape index (κ1) is 16.2. The Morgan fingerprint density at radius 3 is 2.20 bits per heavy atom. The van der Waals surface area contributed by atoms with E-state index >= 15 is 0 Å². The van der Waals surface area contributed by atoms with E-state index in [9.17, 15) is 4.79 Å². The number of rotatable bonds is 3. The van der Waals surface area contributed by atoms with Gasteiger partial charge in [0, 0.05) is 23.2 Å². The molecule has 126 valence electrons. The molecule has 0 spiro atoms. The SMILES string of the molecule is COC(=O)c1cn(P(Cl)n2cc(C)c3ccccc32)c2ccccc12. The molecule has 25 heavy (non-hydrogen) atoms. The predicted octanol–water partition coefficient (Wildman–Crippen LogP) is 5.55. The summed E-state index contributed by atoms with van der Waals surface area (Å²) in [5.74, 6) is -0.358. The van der Waals surface area contributed by atoms with Gasteiger partial charge in [-0.2, -0.15) is 0 Å². The van der Waals surface area contributed by atoms with Crippen LogP contribution < -0.4 is 0 Å². The van der Waals surface area contributed by atoms with Gasteiger partial charge in [0.05, 0.1) is 23.7 Å². The zero-order valence-corrected chi connectivity index (χ0v) is 15.5. The molecule has 0 saturated heterocycles. The topological polar surface area (TPSA) is 36.2 Å². The van der Waals surface area contributed by atoms with Gasteiger partial charge in [-0.25, -0.2) is 4.79 Å². The number of hydrogen-bond acceptors (Lipinski definition) is 2. The molecule has 6 heteroatoms. The van der Waals surface area contributed by atoms with E-state index in [4.69, 9.17) is 16.0 Å². The summed E-state index contributed by atoms with van der Waals surface area (Å²) in [6.45, 7) is 2.08. The average Bonchev–Trinajstić information content (AvgIpc) is 3.20. The Balaban J connectivity index is 1.93. The summed E-state index contributed by atoms with van der Waals surface area (Å²) in [4.78, 5) is 12.1. The molecular formula is C19H16ClN2O2P. The molecule has 0 N–H and O–H groups in total. The molecule has 1 atom stereocenters. The van der Waals surface area contributed by atoms with Gasteiger partial charge >= 0.3 is 5.97 Å². The fourth-order valence-corrected chi connectivity index (χ4v) is 5.28. The van der Waals surface area contributed by atoms with Gasteiger partial charge in [-0.05, 0) is 35.9 Å². The second-order valence-electron chi connectivity index (χ2n) is 5.81. The second-order valence-corrected chi connectivity index (χ2v) is 8.06. The first-order valence-electron chi connectivity index (χ1n) is 7.83. The van der Waals surface area contributed by atoms with Crippen molar-refractivity contribution < 1.29 is 9.53 Å². The third-order valence-corrected chi connectivity index (χ3v) is 6.70. The van der Waals surface area contributed by atoms with Gasteiger partial charge in [-0.15, -0.1) is 0 Å². The van der Waals surface area contributed by atoms with Crippen LogP contribution in [-0.4, -0.2) is 21.8 Å². The monoisotopic (exact) mass is 370 g/mol. The minimum atomic E-state index is -1.26. The number of nitrogens with zero attached hydrogens (tertiary/aromatic N) is 2. The van der Waals surface area contributed by atoms with Crippen molar-refractivity contribution in [3.05, 3.63) is 72.1 Å². The summed E-state index contributed by atoms with van der Waals surface area (Å²) in [5.41, 5.74) is 3.70. The molecule has 2 aromatic carbocycles. The van der Waals surface area contributed by atoms with Crippen LogP contribution in [0.15, 0.2) is 60.9 Å². The Morgan fingerprint density at radius 1 is 0.960 bits per heavy atom. The minimum Gasteiger partial charge on any atom is -0.465 e. The summed E-state index contributed by atoms with van der Waals surface area (Å²) in [6, 6.07) is 15.9. The second kappa shape index (κ2) is 6.21. The van der Waals surface area contributed by atoms with Crippen LogP contribution in [0.2, 0.25) is 0 Å². The normalized spacial score (nSPS) is 12.6. The number of para-hydroxylation sites is 2. The zero-order valence-electron chi connectivity index (χ0n) is 13.8. The van der Waals surface area contributed by atoms with Crippen molar-refractivity contribution in [1.29, 1.82) is 0 Å². The number of ether oxygens (including phenoxy) is 1. The molecule has 0 aliphatic heterocycles. The Hall–Kier alpha value is -2.29. The van der Waals surface area contributed by atoms with Crippen molar-refractivity contribution in [2.45, 2.75) is 6.92 Å². The van der Waals surface area contributed by atoms with Crippen LogP contribution in [0, 0.1) is 6.92 Å². The molecule has 0 fully saturated rings. The van der Waals surface area contributed by atoms with Crippen LogP contribution >= 0.6 is 18.8 Å². The number of carbonyl (C=O) groups excluding carboxylic acids is 1. The third-order valence-electron chi connectivity index (χ3n) is 4.34. The molecule has 4 aromatic rings. The van der Waals surface area contributed by atoms with E-state index in [2.05, 4.69) is 29.6 Å². The summed E-state index contributed by atoms with van der Waals surface area (Å²) in [5, 5.41) is 2.02. The molecule has 4 nitrogen and oxygen atoms in total. The first-order valence-corrected chi connectivity index (χ1v) is 9.98. The number of methoxy groups -OCH3 is 1. The minimum absolute atomic E-state index is 0.358. The molecule has 0 aliphatic carbocycles. The molecule has 1 unspecified atom stereocenters. The van der Waals surface area contributed by atoms with Crippen LogP contribution in [0.3, 0.4) is 0 Å². The summed E-state index contributed by atoms with van der Waals surface area (Å²) in [6.07, 6.45) is 3.86. The van der Waals surface area contributed by atoms with Gasteiger partial charge in [0.2, 0.25) is 7.58 Å². The van der Waals surface area contributed by atoms with Gasteiger partial charge in [0.1, 0.15) is 0 Å². The van der Waals surface area contributed by atoms with Crippen LogP contribution in [0.4, 0.5) is 0 Å². The number of carbonyl (C=O) groups is 1. The number of esters is 1. The third kappa shape index (κ3) is 2.53. The zero-order chi connectivity index (χ0) is 17.6. The highest BCUT2D eigenvalue weighted by molar-refractivity contribution is 7.81. The fourth-order valence-electron chi connectivity index (χ4n) is 3.14. The van der Waals surface area contributed by atoms with E-state index in [1.165, 1.54) is 18.1 Å². The van der Waals surface area contributed by atoms with Gasteiger partial charge in [0.25, 0.3) is 0 Å². The largest absolute Gasteiger partial charge is 0.465 e. The summed E-state index contributed by atoms with van der Waals surface area (Å²) >= 11 is 6.90. The van der Waals surface area contributed by atoms with Crippen LogP contribution in [0.1, 0.15) is 15.9 Å². The molecule has 0 radical (unpaired) electrons. The lowest BCUT2D eigenvalue weighted by molar-refractivity contribution is 0.0603. The van der Waals surface area contributed by atoms with Gasteiger partial charge in [0.15, 0.2) is 0 Å². The number of aromatic nitrogens is 2. The Labute approximate surface area is 151 Å². The van der Waals surface area contributed by atoms with E-state index in [0.29, 0.717) is 5.56 Å². The number of benzene rings is 2. The van der Waals surface area contributed by atoms with Crippen molar-refractivity contribution >= 4 is 46.6 Å². The fraction of sp³-hybridized carbons (Fsp3) is 0.105. The lowest BCUT2D eigenvalue weighted by atomic mass is 10.2. The maximum absolute atomic E-state index is 12.1. The van der Waals surface area contributed by atoms with E-state index in [1.54, 1.807) is 6.20 Å². The molecule has 4 rings (SSSR count). The van der Waals surface area contributed by atoms with Crippen molar-refractivity contribution in [3.63, 3.8) is 0 Å². The van der Waals surface area contributed by atoms with E-state index < -0.39 is 7.58 Å². The van der Waals surface area contributed by atoms with Gasteiger partial charge in [-0.3, -0.25) is 8.68 Å². The molecule has 0 amide bonds. The number of fused-ring (bicyclic) bond motifs is 2. The van der Waals surface area contributed by atoms with Gasteiger partial charge < -0.3 is 4.74 Å². The van der Waals surface area contributed by atoms with E-state index in [0.717, 1.165) is 16.4 Å². The highest BCUT2D eigenvalue weighted by Gasteiger charge is 2.21. The smallest absolute Gasteiger partial charge is 0.340 e. The van der Waals surface area contributed by atoms with Crippen LogP contribution in [-0.2, 0) is 4.74 Å². The molecule has 0 saturated carbocycles. The standard InChI is InChI=1S/C19H16ClN2O2P/c1-13-11-21(17-9-5-3-7-14(13)17)25(20)22-12-16(19(23)24-2)15-8-4-6-10-18(15)22/h3-12H,1-2H3.